The second-order valence-electron chi connectivity index (χ2n) is 15.1. The van der Waals surface area contributed by atoms with Crippen molar-refractivity contribution in [3.63, 3.8) is 0 Å². The summed E-state index contributed by atoms with van der Waals surface area (Å²) < 4.78 is 10.3. The molecule has 0 unspecified atom stereocenters. The quantitative estimate of drug-likeness (QED) is 0.153. The molecule has 0 atom stereocenters. The van der Waals surface area contributed by atoms with E-state index in [0.29, 0.717) is 14.5 Å². The zero-order valence-electron chi connectivity index (χ0n) is 30.7. The third-order valence-electron chi connectivity index (χ3n) is 11.7. The minimum absolute atomic E-state index is 0.300. The summed E-state index contributed by atoms with van der Waals surface area (Å²) in [4.78, 5) is 0. The van der Waals surface area contributed by atoms with Crippen LogP contribution in [0.3, 0.4) is 0 Å². The summed E-state index contributed by atoms with van der Waals surface area (Å²) in [6.07, 6.45) is 0. The number of hydrogen-bond acceptors (Lipinski definition) is 0. The molecule has 0 radical (unpaired) electrons. The Labute approximate surface area is 348 Å². The first-order chi connectivity index (χ1) is 27.4. The average molecular weight is 930 g/mol. The van der Waals surface area contributed by atoms with Crippen molar-refractivity contribution >= 4 is 128 Å². The van der Waals surface area contributed by atoms with E-state index >= 15 is 0 Å². The third kappa shape index (κ3) is 4.96. The Hall–Kier alpha value is -4.94. The number of halogens is 2. The fraction of sp³-hybridized carbons (Fsp3) is 0.0400. The largest absolute Gasteiger partial charge is 0.309 e. The number of benzene rings is 8. The number of rotatable bonds is 2. The van der Waals surface area contributed by atoms with Gasteiger partial charge in [-0.1, -0.05) is 89.7 Å². The van der Waals surface area contributed by atoms with Gasteiger partial charge in [0.25, 0.3) is 0 Å². The van der Waals surface area contributed by atoms with Gasteiger partial charge in [0.2, 0.25) is 0 Å². The molecule has 0 bridgehead atoms. The normalized spacial score (nSPS) is 13.1. The van der Waals surface area contributed by atoms with Crippen LogP contribution in [-0.2, 0) is 0 Å². The molecule has 3 aromatic heterocycles. The van der Waals surface area contributed by atoms with Crippen LogP contribution in [0.2, 0.25) is 13.1 Å². The molecule has 2 nitrogen and oxygen atoms in total. The van der Waals surface area contributed by atoms with Crippen molar-refractivity contribution in [1.82, 2.24) is 9.13 Å². The number of fused-ring (bicyclic) bond motifs is 14. The van der Waals surface area contributed by atoms with Crippen molar-refractivity contribution in [3.8, 4) is 22.5 Å². The molecule has 1 aliphatic rings. The Bertz CT molecular complexity index is 3360. The molecule has 8 aromatic carbocycles. The van der Waals surface area contributed by atoms with Gasteiger partial charge < -0.3 is 4.57 Å². The van der Waals surface area contributed by atoms with Gasteiger partial charge in [0, 0.05) is 20.9 Å². The molecule has 0 spiro atoms. The fourth-order valence-electron chi connectivity index (χ4n) is 9.32. The van der Waals surface area contributed by atoms with Crippen molar-refractivity contribution in [1.29, 1.82) is 0 Å². The molecule has 0 N–H and O–H groups in total. The topological polar surface area (TPSA) is 9.86 Å². The Kier molecular flexibility index (Phi) is 8.00. The smallest absolute Gasteiger partial charge is 0.116 e. The summed E-state index contributed by atoms with van der Waals surface area (Å²) in [6.45, 7) is 4.99. The second-order valence-corrected chi connectivity index (χ2v) is 23.3. The number of aromatic nitrogens is 2. The fourth-order valence-corrected chi connectivity index (χ4v) is 17.1. The van der Waals surface area contributed by atoms with Crippen molar-refractivity contribution in [2.24, 2.45) is 0 Å². The molecule has 0 saturated heterocycles. The standard InChI is InChI=1S/C26H20BrNSi.C24H14BrNSe/c1-29(2)23-15-9-7-13-19(23)24-21(27)16-20-18-12-6-8-14-22(18)28(25(20)26(24)29)17-10-4-3-5-11-17;25-19-14-18-16-10-4-6-12-20(16)26(15-8-2-1-3-9-15)23(18)24-22(19)17-11-5-7-13-21(17)27-24/h3-16H,1-2H3;1-14H. The summed E-state index contributed by atoms with van der Waals surface area (Å²) >= 11 is 8.14. The first kappa shape index (κ1) is 34.3. The van der Waals surface area contributed by atoms with Gasteiger partial charge in [-0.15, -0.1) is 0 Å². The number of hydrogen-bond donors (Lipinski definition) is 0. The van der Waals surface area contributed by atoms with E-state index in [4.69, 9.17) is 0 Å². The van der Waals surface area contributed by atoms with Crippen LogP contribution >= 0.6 is 31.9 Å². The number of para-hydroxylation sites is 4. The van der Waals surface area contributed by atoms with Crippen molar-refractivity contribution in [3.05, 3.63) is 179 Å². The van der Waals surface area contributed by atoms with E-state index in [1.54, 1.807) is 5.19 Å². The number of nitrogens with zero attached hydrogens (tertiary/aromatic N) is 2. The second kappa shape index (κ2) is 13.1. The first-order valence-corrected chi connectivity index (χ1v) is 25.2. The molecule has 0 aliphatic carbocycles. The van der Waals surface area contributed by atoms with Gasteiger partial charge in [-0.05, 0) is 45.8 Å². The van der Waals surface area contributed by atoms with Gasteiger partial charge in [-0.2, -0.15) is 0 Å². The SMILES string of the molecule is Brc1cc2c3ccccc3n(-c3ccccc3)c2c2[se]c3ccccc3c12.C[Si]1(C)c2ccccc2-c2c(Br)cc3c4ccccc4n(-c4ccccc4)c3c21. The molecule has 268 valence electrons. The molecule has 0 amide bonds. The van der Waals surface area contributed by atoms with E-state index in [2.05, 4.69) is 224 Å². The van der Waals surface area contributed by atoms with Crippen LogP contribution in [0.4, 0.5) is 0 Å². The van der Waals surface area contributed by atoms with Crippen LogP contribution in [0.15, 0.2) is 179 Å². The average Bonchev–Trinajstić information content (AvgIpc) is 3.95. The summed E-state index contributed by atoms with van der Waals surface area (Å²) in [7, 11) is -1.86. The molecule has 1 aliphatic heterocycles. The molecular weight excluding hydrogens is 895 g/mol. The van der Waals surface area contributed by atoms with E-state index in [1.165, 1.54) is 99.5 Å². The molecule has 0 fully saturated rings. The summed E-state index contributed by atoms with van der Waals surface area (Å²) in [5.74, 6) is 0. The molecule has 56 heavy (non-hydrogen) atoms. The molecule has 11 aromatic rings. The van der Waals surface area contributed by atoms with E-state index < -0.39 is 8.07 Å². The Morgan fingerprint density at radius 2 is 0.982 bits per heavy atom. The van der Waals surface area contributed by atoms with Crippen LogP contribution in [-0.4, -0.2) is 31.7 Å². The van der Waals surface area contributed by atoms with Gasteiger partial charge in [-0.25, -0.2) is 0 Å². The van der Waals surface area contributed by atoms with Gasteiger partial charge in [-0.3, -0.25) is 0 Å². The van der Waals surface area contributed by atoms with E-state index in [9.17, 15) is 0 Å². The maximum Gasteiger partial charge on any atom is 0.116 e. The third-order valence-corrected chi connectivity index (χ3v) is 18.9. The minimum Gasteiger partial charge on any atom is -0.309 e. The van der Waals surface area contributed by atoms with Gasteiger partial charge in [0.1, 0.15) is 8.07 Å². The van der Waals surface area contributed by atoms with Crippen molar-refractivity contribution < 1.29 is 0 Å². The Morgan fingerprint density at radius 3 is 1.64 bits per heavy atom. The minimum atomic E-state index is -1.86. The van der Waals surface area contributed by atoms with E-state index in [0.717, 1.165) is 0 Å². The molecular formula is C50H34Br2N2SeSi. The summed E-state index contributed by atoms with van der Waals surface area (Å²) in [6, 6.07) is 61.6. The maximum absolute atomic E-state index is 3.95. The van der Waals surface area contributed by atoms with Crippen LogP contribution in [0.25, 0.3) is 85.4 Å². The summed E-state index contributed by atoms with van der Waals surface area (Å²) in [5.41, 5.74) is 10.5. The molecule has 4 heterocycles. The van der Waals surface area contributed by atoms with Crippen LogP contribution in [0, 0.1) is 0 Å². The van der Waals surface area contributed by atoms with Gasteiger partial charge in [0.15, 0.2) is 0 Å². The van der Waals surface area contributed by atoms with E-state index in [-0.39, 0.29) is 0 Å². The van der Waals surface area contributed by atoms with Gasteiger partial charge in [0.05, 0.1) is 11.0 Å². The van der Waals surface area contributed by atoms with Gasteiger partial charge >= 0.3 is 171 Å². The van der Waals surface area contributed by atoms with Crippen molar-refractivity contribution in [2.45, 2.75) is 13.1 Å². The zero-order chi connectivity index (χ0) is 37.7. The van der Waals surface area contributed by atoms with E-state index in [1.807, 2.05) is 0 Å². The monoisotopic (exact) mass is 928 g/mol. The Morgan fingerprint density at radius 1 is 0.482 bits per heavy atom. The van der Waals surface area contributed by atoms with Crippen LogP contribution < -0.4 is 10.4 Å². The molecule has 6 heteroatoms. The predicted octanol–water partition coefficient (Wildman–Crippen LogP) is 13.3. The van der Waals surface area contributed by atoms with Crippen LogP contribution in [0.1, 0.15) is 0 Å². The van der Waals surface area contributed by atoms with Crippen LogP contribution in [0.5, 0.6) is 0 Å². The Balaban J connectivity index is 0.000000130. The maximum atomic E-state index is 3.95. The van der Waals surface area contributed by atoms with Crippen molar-refractivity contribution in [2.75, 3.05) is 0 Å². The molecule has 12 rings (SSSR count). The zero-order valence-corrected chi connectivity index (χ0v) is 36.6. The summed E-state index contributed by atoms with van der Waals surface area (Å²) in [5, 5.41) is 11.1. The molecule has 0 saturated carbocycles. The first-order valence-electron chi connectivity index (χ1n) is 18.9. The predicted molar refractivity (Wildman–Crippen MR) is 251 cm³/mol.